The molecule has 4 rings (SSSR count). The summed E-state index contributed by atoms with van der Waals surface area (Å²) in [5, 5.41) is 19.8. The second-order valence-electron chi connectivity index (χ2n) is 6.42. The van der Waals surface area contributed by atoms with Crippen molar-refractivity contribution in [2.24, 2.45) is 0 Å². The molecule has 2 aromatic rings. The highest BCUT2D eigenvalue weighted by Gasteiger charge is 2.57. The highest BCUT2D eigenvalue weighted by molar-refractivity contribution is 7.49. The molecule has 2 aliphatic heterocycles. The van der Waals surface area contributed by atoms with E-state index in [9.17, 15) is 24.4 Å². The number of fused-ring (bicyclic) bond motifs is 1. The number of hydrogen-bond donors (Lipinski definition) is 3. The predicted octanol–water partition coefficient (Wildman–Crippen LogP) is 0.840. The zero-order valence-electron chi connectivity index (χ0n) is 15.9. The van der Waals surface area contributed by atoms with Crippen LogP contribution < -0.4 is 15.8 Å². The number of phosphoric acid groups is 1. The van der Waals surface area contributed by atoms with E-state index in [1.807, 2.05) is 0 Å². The van der Waals surface area contributed by atoms with Gasteiger partial charge in [0.1, 0.15) is 29.6 Å². The van der Waals surface area contributed by atoms with Gasteiger partial charge in [0.15, 0.2) is 6.20 Å². The third-order valence-electron chi connectivity index (χ3n) is 4.38. The van der Waals surface area contributed by atoms with Crippen LogP contribution in [-0.4, -0.2) is 44.4 Å². The number of nitrogens with zero attached hydrogens (tertiary/aromatic N) is 1. The van der Waals surface area contributed by atoms with Gasteiger partial charge in [-0.3, -0.25) is 23.4 Å². The van der Waals surface area contributed by atoms with Crippen molar-refractivity contribution in [3.05, 3.63) is 61.9 Å². The number of rotatable bonds is 4. The molecule has 1 fully saturated rings. The van der Waals surface area contributed by atoms with Gasteiger partial charge in [-0.1, -0.05) is 29.8 Å². The fraction of sp³-hybridized carbons (Fsp3) is 0.375. The van der Waals surface area contributed by atoms with Gasteiger partial charge in [0.2, 0.25) is 0 Å². The Balaban J connectivity index is 1.57. The summed E-state index contributed by atoms with van der Waals surface area (Å²) in [5.41, 5.74) is -1.68. The highest BCUT2D eigenvalue weighted by Crippen LogP contribution is 2.55. The van der Waals surface area contributed by atoms with Crippen molar-refractivity contribution in [1.29, 1.82) is 0 Å². The molecule has 1 aromatic heterocycles. The molecule has 3 N–H and O–H groups in total. The Morgan fingerprint density at radius 3 is 2.93 bits per heavy atom. The first-order chi connectivity index (χ1) is 14.5. The molecule has 5 atom stereocenters. The quantitative estimate of drug-likeness (QED) is 0.558. The summed E-state index contributed by atoms with van der Waals surface area (Å²) < 4.78 is 56.5. The molecule has 0 radical (unpaired) electrons. The average Bonchev–Trinajstić information content (AvgIpc) is 2.90. The molecule has 1 aromatic carbocycles. The molecule has 3 heterocycles. The normalized spacial score (nSPS) is 36.1. The monoisotopic (exact) mass is 465 g/mol. The Bertz CT molecular complexity index is 1190. The van der Waals surface area contributed by atoms with Crippen LogP contribution in [0, 0.1) is 0 Å². The van der Waals surface area contributed by atoms with E-state index in [0.717, 1.165) is 0 Å². The van der Waals surface area contributed by atoms with Gasteiger partial charge in [0, 0.05) is 11.8 Å². The molecule has 1 saturated heterocycles. The van der Waals surface area contributed by atoms with Crippen LogP contribution in [0.4, 0.5) is 4.39 Å². The number of alkyl halides is 1. The summed E-state index contributed by atoms with van der Waals surface area (Å²) in [6.07, 6.45) is -7.07. The van der Waals surface area contributed by atoms with Crippen molar-refractivity contribution in [3.8, 4) is 5.75 Å². The molecule has 0 saturated carbocycles. The Hall–Kier alpha value is -2.05. The number of aromatic amines is 1. The standard InChI is InChI=1S/C16H15ClFN2O9P/c17-9-5-20(15(24)19-13(9)23)14-11(21)12(22)16(18,28-14)7-27-30(25)26-6-8-3-1-2-4-10(8)29-30/h1-5,11-12,14,21-22H,6-7H2,(H,19,23,24)/t11-,12+,14-,16-,30?/m1/s1/i14D. The third kappa shape index (κ3) is 3.71. The molecule has 11 nitrogen and oxygen atoms in total. The number of aliphatic hydroxyl groups excluding tert-OH is 2. The maximum Gasteiger partial charge on any atom is 0.530 e. The van der Waals surface area contributed by atoms with Crippen molar-refractivity contribution in [3.63, 3.8) is 0 Å². The first-order valence-corrected chi connectivity index (χ1v) is 10.3. The maximum atomic E-state index is 15.3. The van der Waals surface area contributed by atoms with Crippen LogP contribution in [0.5, 0.6) is 5.75 Å². The Morgan fingerprint density at radius 2 is 2.17 bits per heavy atom. The van der Waals surface area contributed by atoms with E-state index in [0.29, 0.717) is 11.8 Å². The highest BCUT2D eigenvalue weighted by atomic mass is 35.5. The number of aliphatic hydroxyl groups is 2. The van der Waals surface area contributed by atoms with E-state index in [-0.39, 0.29) is 16.9 Å². The third-order valence-corrected chi connectivity index (χ3v) is 5.96. The molecule has 0 bridgehead atoms. The number of phosphoric ester groups is 1. The van der Waals surface area contributed by atoms with Crippen LogP contribution >= 0.6 is 19.4 Å². The summed E-state index contributed by atoms with van der Waals surface area (Å²) in [4.78, 5) is 25.2. The molecule has 162 valence electrons. The van der Waals surface area contributed by atoms with Crippen molar-refractivity contribution >= 4 is 19.4 Å². The number of H-pyrrole nitrogens is 1. The number of nitrogens with one attached hydrogen (secondary N) is 1. The average molecular weight is 466 g/mol. The van der Waals surface area contributed by atoms with Crippen molar-refractivity contribution in [1.82, 2.24) is 9.55 Å². The van der Waals surface area contributed by atoms with Gasteiger partial charge in [-0.25, -0.2) is 13.8 Å². The van der Waals surface area contributed by atoms with E-state index < -0.39 is 55.0 Å². The number of para-hydroxylation sites is 1. The van der Waals surface area contributed by atoms with Crippen LogP contribution in [0.1, 0.15) is 13.1 Å². The minimum Gasteiger partial charge on any atom is -0.404 e. The second-order valence-corrected chi connectivity index (χ2v) is 8.42. The topological polar surface area (TPSA) is 149 Å². The summed E-state index contributed by atoms with van der Waals surface area (Å²) in [5.74, 6) is -3.13. The molecular formula is C16H15ClFN2O9P. The van der Waals surface area contributed by atoms with Gasteiger partial charge >= 0.3 is 13.5 Å². The van der Waals surface area contributed by atoms with Gasteiger partial charge in [0.25, 0.3) is 11.4 Å². The molecule has 2 aliphatic rings. The molecule has 1 unspecified atom stereocenters. The predicted molar refractivity (Wildman–Crippen MR) is 97.7 cm³/mol. The first kappa shape index (κ1) is 19.9. The number of aromatic nitrogens is 2. The number of halogens is 2. The van der Waals surface area contributed by atoms with E-state index in [2.05, 4.69) is 0 Å². The Morgan fingerprint density at radius 1 is 1.43 bits per heavy atom. The fourth-order valence-corrected chi connectivity index (χ4v) is 4.20. The zero-order chi connectivity index (χ0) is 22.6. The van der Waals surface area contributed by atoms with Crippen LogP contribution in [0.15, 0.2) is 40.1 Å². The van der Waals surface area contributed by atoms with Crippen molar-refractivity contribution in [2.75, 3.05) is 6.61 Å². The minimum atomic E-state index is -4.34. The zero-order valence-corrected chi connectivity index (χ0v) is 16.5. The fourth-order valence-electron chi connectivity index (χ4n) is 2.82. The summed E-state index contributed by atoms with van der Waals surface area (Å²) in [6, 6.07) is 6.44. The Labute approximate surface area is 173 Å². The van der Waals surface area contributed by atoms with Gasteiger partial charge < -0.3 is 19.5 Å². The molecule has 0 aliphatic carbocycles. The summed E-state index contributed by atoms with van der Waals surface area (Å²) >= 11 is 5.63. The minimum absolute atomic E-state index is 0.160. The molecule has 30 heavy (non-hydrogen) atoms. The largest absolute Gasteiger partial charge is 0.530 e. The van der Waals surface area contributed by atoms with Gasteiger partial charge in [-0.05, 0) is 6.07 Å². The number of benzene rings is 1. The summed E-state index contributed by atoms with van der Waals surface area (Å²) in [6.45, 7) is -1.45. The van der Waals surface area contributed by atoms with Gasteiger partial charge in [0.05, 0.1) is 7.98 Å². The number of hydrogen-bond acceptors (Lipinski definition) is 9. The van der Waals surface area contributed by atoms with Gasteiger partial charge in [-0.2, -0.15) is 0 Å². The molecule has 0 amide bonds. The van der Waals surface area contributed by atoms with E-state index in [1.165, 1.54) is 6.07 Å². The lowest BCUT2D eigenvalue weighted by Crippen LogP contribution is -2.43. The van der Waals surface area contributed by atoms with Gasteiger partial charge in [-0.15, -0.1) is 0 Å². The van der Waals surface area contributed by atoms with Crippen molar-refractivity contribution < 1.29 is 38.8 Å². The lowest BCUT2D eigenvalue weighted by molar-refractivity contribution is -0.205. The van der Waals surface area contributed by atoms with Crippen molar-refractivity contribution in [2.45, 2.75) is 30.9 Å². The molecule has 0 spiro atoms. The second kappa shape index (κ2) is 7.57. The summed E-state index contributed by atoms with van der Waals surface area (Å²) in [7, 11) is -4.34. The van der Waals surface area contributed by atoms with Crippen LogP contribution in [-0.2, 0) is 25.0 Å². The molecular weight excluding hydrogens is 450 g/mol. The van der Waals surface area contributed by atoms with E-state index in [1.54, 1.807) is 23.2 Å². The van der Waals surface area contributed by atoms with Crippen LogP contribution in [0.2, 0.25) is 5.02 Å². The van der Waals surface area contributed by atoms with Crippen LogP contribution in [0.25, 0.3) is 0 Å². The SMILES string of the molecule is [2H][C@@]1(n2cc(Cl)c(=O)[nH]c2=O)O[C@](F)(COP2(=O)OCc3ccccc3O2)[C@@H](O)[C@H]1O. The maximum absolute atomic E-state index is 15.3. The first-order valence-electron chi connectivity index (χ1n) is 8.91. The van der Waals surface area contributed by atoms with E-state index in [4.69, 9.17) is 31.3 Å². The van der Waals surface area contributed by atoms with Crippen LogP contribution in [0.3, 0.4) is 0 Å². The lowest BCUT2D eigenvalue weighted by atomic mass is 10.1. The smallest absolute Gasteiger partial charge is 0.404 e. The Kier molecular flexibility index (Phi) is 5.02. The number of ether oxygens (including phenoxy) is 1. The van der Waals surface area contributed by atoms with E-state index >= 15 is 4.39 Å². The lowest BCUT2D eigenvalue weighted by Gasteiger charge is -2.28. The molecule has 14 heteroatoms.